The van der Waals surface area contributed by atoms with E-state index in [-0.39, 0.29) is 11.2 Å². The molecule has 4 rings (SSSR count). The van der Waals surface area contributed by atoms with Crippen LogP contribution in [0.5, 0.6) is 5.75 Å². The summed E-state index contributed by atoms with van der Waals surface area (Å²) in [5, 5.41) is 11.3. The SMILES string of the molecule is Cn1c(CN2CCOCC2)cc(=O)c(O)c1CN1CCN(Cc2ccccc2Cl)CC1. The molecule has 1 aromatic carbocycles. The molecule has 8 heteroatoms. The molecule has 1 N–H and O–H groups in total. The molecule has 3 heterocycles. The van der Waals surface area contributed by atoms with Crippen LogP contribution in [0, 0.1) is 0 Å². The Kier molecular flexibility index (Phi) is 7.30. The molecule has 7 nitrogen and oxygen atoms in total. The van der Waals surface area contributed by atoms with Gasteiger partial charge in [0.1, 0.15) is 0 Å². The number of piperazine rings is 1. The van der Waals surface area contributed by atoms with Gasteiger partial charge in [-0.15, -0.1) is 0 Å². The molecule has 0 unspecified atom stereocenters. The molecule has 0 amide bonds. The van der Waals surface area contributed by atoms with Gasteiger partial charge in [-0.3, -0.25) is 19.5 Å². The van der Waals surface area contributed by atoms with Crippen molar-refractivity contribution < 1.29 is 9.84 Å². The van der Waals surface area contributed by atoms with Crippen LogP contribution in [0.2, 0.25) is 5.02 Å². The number of halogens is 1. The number of nitrogens with zero attached hydrogens (tertiary/aromatic N) is 4. The van der Waals surface area contributed by atoms with Gasteiger partial charge < -0.3 is 14.4 Å². The first kappa shape index (κ1) is 22.3. The number of pyridine rings is 1. The first-order valence-corrected chi connectivity index (χ1v) is 11.3. The van der Waals surface area contributed by atoms with Crippen LogP contribution in [0.25, 0.3) is 0 Å². The van der Waals surface area contributed by atoms with Crippen molar-refractivity contribution in [1.29, 1.82) is 0 Å². The zero-order chi connectivity index (χ0) is 21.8. The Morgan fingerprint density at radius 1 is 0.935 bits per heavy atom. The van der Waals surface area contributed by atoms with Gasteiger partial charge in [0.15, 0.2) is 5.75 Å². The van der Waals surface area contributed by atoms with Gasteiger partial charge in [-0.2, -0.15) is 0 Å². The minimum atomic E-state index is -0.297. The van der Waals surface area contributed by atoms with Gasteiger partial charge in [0.25, 0.3) is 0 Å². The zero-order valence-electron chi connectivity index (χ0n) is 18.1. The summed E-state index contributed by atoms with van der Waals surface area (Å²) in [6.45, 7) is 8.86. The molecule has 2 saturated heterocycles. The summed E-state index contributed by atoms with van der Waals surface area (Å²) in [6.07, 6.45) is 0. The van der Waals surface area contributed by atoms with Crippen molar-refractivity contribution in [1.82, 2.24) is 19.3 Å². The van der Waals surface area contributed by atoms with Gasteiger partial charge >= 0.3 is 0 Å². The quantitative estimate of drug-likeness (QED) is 0.731. The summed E-state index contributed by atoms with van der Waals surface area (Å²) in [4.78, 5) is 19.4. The normalized spacial score (nSPS) is 19.0. The summed E-state index contributed by atoms with van der Waals surface area (Å²) >= 11 is 6.31. The summed E-state index contributed by atoms with van der Waals surface area (Å²) < 4.78 is 7.41. The largest absolute Gasteiger partial charge is 0.503 e. The topological polar surface area (TPSA) is 61.2 Å². The van der Waals surface area contributed by atoms with E-state index in [9.17, 15) is 9.90 Å². The van der Waals surface area contributed by atoms with Gasteiger partial charge in [-0.25, -0.2) is 0 Å². The Hall–Kier alpha value is -1.90. The average molecular weight is 447 g/mol. The molecule has 0 saturated carbocycles. The number of benzene rings is 1. The van der Waals surface area contributed by atoms with Gasteiger partial charge in [0, 0.05) is 82.7 Å². The van der Waals surface area contributed by atoms with Crippen LogP contribution < -0.4 is 5.43 Å². The lowest BCUT2D eigenvalue weighted by Gasteiger charge is -2.35. The van der Waals surface area contributed by atoms with Crippen molar-refractivity contribution >= 4 is 11.6 Å². The third kappa shape index (κ3) is 5.48. The molecule has 2 fully saturated rings. The maximum Gasteiger partial charge on any atom is 0.223 e. The van der Waals surface area contributed by atoms with Crippen molar-refractivity contribution in [2.75, 3.05) is 52.5 Å². The molecule has 31 heavy (non-hydrogen) atoms. The summed E-state index contributed by atoms with van der Waals surface area (Å²) in [5.74, 6) is -0.133. The van der Waals surface area contributed by atoms with Gasteiger partial charge in [-0.05, 0) is 11.6 Å². The molecule has 2 aliphatic rings. The number of rotatable bonds is 6. The zero-order valence-corrected chi connectivity index (χ0v) is 18.9. The Morgan fingerprint density at radius 3 is 2.23 bits per heavy atom. The number of hydrogen-bond acceptors (Lipinski definition) is 6. The Balaban J connectivity index is 1.40. The lowest BCUT2D eigenvalue weighted by Crippen LogP contribution is -2.45. The van der Waals surface area contributed by atoms with Crippen LogP contribution in [0.3, 0.4) is 0 Å². The van der Waals surface area contributed by atoms with Crippen LogP contribution in [0.1, 0.15) is 17.0 Å². The van der Waals surface area contributed by atoms with E-state index < -0.39 is 0 Å². The molecule has 168 valence electrons. The van der Waals surface area contributed by atoms with Gasteiger partial charge in [0.2, 0.25) is 5.43 Å². The van der Waals surface area contributed by atoms with E-state index in [2.05, 4.69) is 20.8 Å². The standard InChI is InChI=1S/C23H31ClN4O3/c1-25-19(16-28-10-12-31-13-11-28)14-22(29)23(30)21(25)17-27-8-6-26(7-9-27)15-18-4-2-3-5-20(18)24/h2-5,14,30H,6-13,15-17H2,1H3. The van der Waals surface area contributed by atoms with Crippen LogP contribution in [0.4, 0.5) is 0 Å². The molecule has 0 bridgehead atoms. The number of hydrogen-bond donors (Lipinski definition) is 1. The van der Waals surface area contributed by atoms with Crippen LogP contribution in [-0.2, 0) is 31.4 Å². The van der Waals surface area contributed by atoms with Crippen molar-refractivity contribution in [3.8, 4) is 5.75 Å². The first-order chi connectivity index (χ1) is 15.0. The lowest BCUT2D eigenvalue weighted by molar-refractivity contribution is 0.0330. The maximum atomic E-state index is 12.4. The molecule has 0 spiro atoms. The molecular weight excluding hydrogens is 416 g/mol. The highest BCUT2D eigenvalue weighted by Crippen LogP contribution is 2.20. The second kappa shape index (κ2) is 10.1. The van der Waals surface area contributed by atoms with E-state index in [1.165, 1.54) is 0 Å². The highest BCUT2D eigenvalue weighted by atomic mass is 35.5. The number of ether oxygens (including phenoxy) is 1. The summed E-state index contributed by atoms with van der Waals surface area (Å²) in [5.41, 5.74) is 2.47. The molecule has 0 aliphatic carbocycles. The number of morpholine rings is 1. The van der Waals surface area contributed by atoms with E-state index in [4.69, 9.17) is 16.3 Å². The summed E-state index contributed by atoms with van der Waals surface area (Å²) in [7, 11) is 1.94. The van der Waals surface area contributed by atoms with Crippen LogP contribution >= 0.6 is 11.6 Å². The predicted octanol–water partition coefficient (Wildman–Crippen LogP) is 1.89. The molecule has 1 aromatic heterocycles. The third-order valence-electron chi connectivity index (χ3n) is 6.32. The number of aromatic nitrogens is 1. The Morgan fingerprint density at radius 2 is 1.55 bits per heavy atom. The van der Waals surface area contributed by atoms with E-state index in [1.807, 2.05) is 29.8 Å². The molecule has 0 atom stereocenters. The monoisotopic (exact) mass is 446 g/mol. The van der Waals surface area contributed by atoms with E-state index in [1.54, 1.807) is 6.07 Å². The van der Waals surface area contributed by atoms with Crippen LogP contribution in [0.15, 0.2) is 35.1 Å². The fourth-order valence-electron chi connectivity index (χ4n) is 4.30. The fourth-order valence-corrected chi connectivity index (χ4v) is 4.49. The van der Waals surface area contributed by atoms with Crippen molar-refractivity contribution in [2.45, 2.75) is 19.6 Å². The minimum Gasteiger partial charge on any atom is -0.503 e. The van der Waals surface area contributed by atoms with Crippen molar-refractivity contribution in [2.24, 2.45) is 7.05 Å². The molecule has 2 aliphatic heterocycles. The fraction of sp³-hybridized carbons (Fsp3) is 0.522. The van der Waals surface area contributed by atoms with Crippen LogP contribution in [-0.4, -0.2) is 76.9 Å². The maximum absolute atomic E-state index is 12.4. The van der Waals surface area contributed by atoms with E-state index in [0.717, 1.165) is 75.3 Å². The lowest BCUT2D eigenvalue weighted by atomic mass is 10.2. The third-order valence-corrected chi connectivity index (χ3v) is 6.69. The van der Waals surface area contributed by atoms with Gasteiger partial charge in [0.05, 0.1) is 18.9 Å². The van der Waals surface area contributed by atoms with E-state index >= 15 is 0 Å². The minimum absolute atomic E-state index is 0.133. The first-order valence-electron chi connectivity index (χ1n) is 10.9. The highest BCUT2D eigenvalue weighted by molar-refractivity contribution is 6.31. The molecule has 2 aromatic rings. The molecular formula is C23H31ClN4O3. The second-order valence-corrected chi connectivity index (χ2v) is 8.79. The molecule has 0 radical (unpaired) electrons. The predicted molar refractivity (Wildman–Crippen MR) is 121 cm³/mol. The second-order valence-electron chi connectivity index (χ2n) is 8.39. The van der Waals surface area contributed by atoms with Gasteiger partial charge in [-0.1, -0.05) is 29.8 Å². The van der Waals surface area contributed by atoms with E-state index in [0.29, 0.717) is 18.8 Å². The smallest absolute Gasteiger partial charge is 0.223 e. The Labute approximate surface area is 188 Å². The highest BCUT2D eigenvalue weighted by Gasteiger charge is 2.22. The van der Waals surface area contributed by atoms with Crippen molar-refractivity contribution in [3.05, 3.63) is 62.5 Å². The Bertz CT molecular complexity index is 950. The number of aromatic hydroxyl groups is 1. The summed E-state index contributed by atoms with van der Waals surface area (Å²) in [6, 6.07) is 9.54. The average Bonchev–Trinajstić information content (AvgIpc) is 2.78. The van der Waals surface area contributed by atoms with Crippen molar-refractivity contribution in [3.63, 3.8) is 0 Å².